The summed E-state index contributed by atoms with van der Waals surface area (Å²) in [5.74, 6) is -0.510. The number of rotatable bonds is 7. The molecule has 0 bridgehead atoms. The number of carbonyl (C=O) groups excluding carboxylic acids is 2. The smallest absolute Gasteiger partial charge is 0.274 e. The number of hydrogen-bond acceptors (Lipinski definition) is 3. The Morgan fingerprint density at radius 3 is 2.43 bits per heavy atom. The second-order valence-electron chi connectivity index (χ2n) is 7.05. The maximum absolute atomic E-state index is 12.9. The third-order valence-electron chi connectivity index (χ3n) is 5.01. The van der Waals surface area contributed by atoms with Crippen molar-refractivity contribution in [3.63, 3.8) is 0 Å². The number of para-hydroxylation sites is 1. The highest BCUT2D eigenvalue weighted by Crippen LogP contribution is 2.27. The highest BCUT2D eigenvalue weighted by molar-refractivity contribution is 5.98. The monoisotopic (exact) mass is 379 g/mol. The quantitative estimate of drug-likeness (QED) is 0.366. The first-order valence-corrected chi connectivity index (χ1v) is 9.46. The van der Waals surface area contributed by atoms with E-state index in [1.165, 1.54) is 0 Å². The zero-order chi connectivity index (χ0) is 20.1. The predicted octanol–water partition coefficient (Wildman–Crippen LogP) is 4.19. The molecule has 0 saturated heterocycles. The van der Waals surface area contributed by atoms with Crippen LogP contribution in [0.2, 0.25) is 0 Å². The molecule has 3 aromatic rings. The van der Waals surface area contributed by atoms with Crippen molar-refractivity contribution >= 4 is 22.7 Å². The Morgan fingerprint density at radius 1 is 1.07 bits per heavy atom. The van der Waals surface area contributed by atoms with E-state index in [2.05, 4.69) is 24.1 Å². The van der Waals surface area contributed by atoms with Crippen molar-refractivity contribution in [3.05, 3.63) is 71.4 Å². The lowest BCUT2D eigenvalue weighted by Gasteiger charge is -2.25. The highest BCUT2D eigenvalue weighted by Gasteiger charge is 2.22. The van der Waals surface area contributed by atoms with Crippen molar-refractivity contribution in [2.24, 2.45) is 5.92 Å². The van der Waals surface area contributed by atoms with Crippen LogP contribution in [0, 0.1) is 5.92 Å². The number of nitrogens with one attached hydrogen (secondary N) is 3. The Bertz CT molecular complexity index is 930. The van der Waals surface area contributed by atoms with Crippen molar-refractivity contribution in [2.75, 3.05) is 0 Å². The zero-order valence-electron chi connectivity index (χ0n) is 16.0. The van der Waals surface area contributed by atoms with Crippen LogP contribution in [0.25, 0.3) is 10.9 Å². The van der Waals surface area contributed by atoms with E-state index >= 15 is 0 Å². The average molecular weight is 379 g/mol. The van der Waals surface area contributed by atoms with Crippen molar-refractivity contribution < 1.29 is 14.8 Å². The lowest BCUT2D eigenvalue weighted by molar-refractivity contribution is 0.0706. The number of hydrogen-bond donors (Lipinski definition) is 4. The van der Waals surface area contributed by atoms with E-state index in [-0.39, 0.29) is 17.9 Å². The molecular weight excluding hydrogens is 354 g/mol. The minimum absolute atomic E-state index is 0.165. The van der Waals surface area contributed by atoms with Gasteiger partial charge >= 0.3 is 0 Å². The molecular formula is C22H25N3O3. The van der Waals surface area contributed by atoms with Crippen molar-refractivity contribution in [2.45, 2.75) is 32.7 Å². The molecule has 28 heavy (non-hydrogen) atoms. The van der Waals surface area contributed by atoms with Crippen LogP contribution in [0.3, 0.4) is 0 Å². The molecule has 146 valence electrons. The first-order valence-electron chi connectivity index (χ1n) is 9.46. The van der Waals surface area contributed by atoms with Gasteiger partial charge in [-0.3, -0.25) is 14.8 Å². The second kappa shape index (κ2) is 8.71. The molecule has 2 unspecified atom stereocenters. The van der Waals surface area contributed by atoms with Gasteiger partial charge < -0.3 is 10.3 Å². The van der Waals surface area contributed by atoms with Crippen molar-refractivity contribution in [3.8, 4) is 0 Å². The standard InChI is InChI=1S/C22H25N3O3/c1-3-6-14(2)20(15-9-11-16(12-10-15)21(26)25-28)24-22(27)19-13-17-7-4-5-8-18(17)23-19/h4-5,7-14,20,23,28H,3,6H2,1-2H3,(H,24,27)(H,25,26). The van der Waals surface area contributed by atoms with Crippen LogP contribution < -0.4 is 10.8 Å². The maximum Gasteiger partial charge on any atom is 0.274 e. The normalized spacial score (nSPS) is 13.1. The summed E-state index contributed by atoms with van der Waals surface area (Å²) >= 11 is 0. The summed E-state index contributed by atoms with van der Waals surface area (Å²) in [7, 11) is 0. The van der Waals surface area contributed by atoms with Crippen LogP contribution in [0.5, 0.6) is 0 Å². The number of aromatic amines is 1. The third kappa shape index (κ3) is 4.23. The van der Waals surface area contributed by atoms with Gasteiger partial charge in [-0.05, 0) is 42.2 Å². The molecule has 0 aliphatic rings. The first-order chi connectivity index (χ1) is 13.5. The Balaban J connectivity index is 1.85. The Labute approximate surface area is 163 Å². The van der Waals surface area contributed by atoms with Gasteiger partial charge in [0.15, 0.2) is 0 Å². The number of fused-ring (bicyclic) bond motifs is 1. The Hall–Kier alpha value is -3.12. The van der Waals surface area contributed by atoms with E-state index in [0.29, 0.717) is 11.3 Å². The van der Waals surface area contributed by atoms with Gasteiger partial charge in [-0.25, -0.2) is 5.48 Å². The largest absolute Gasteiger partial charge is 0.351 e. The van der Waals surface area contributed by atoms with Crippen molar-refractivity contribution in [1.82, 2.24) is 15.8 Å². The minimum Gasteiger partial charge on any atom is -0.351 e. The zero-order valence-corrected chi connectivity index (χ0v) is 16.0. The number of carbonyl (C=O) groups is 2. The van der Waals surface area contributed by atoms with Crippen LogP contribution in [-0.2, 0) is 0 Å². The number of benzene rings is 2. The number of amides is 2. The van der Waals surface area contributed by atoms with Crippen LogP contribution in [0.1, 0.15) is 59.1 Å². The van der Waals surface area contributed by atoms with E-state index in [9.17, 15) is 9.59 Å². The summed E-state index contributed by atoms with van der Waals surface area (Å²) in [4.78, 5) is 27.6. The molecule has 0 spiro atoms. The molecule has 0 fully saturated rings. The van der Waals surface area contributed by atoms with Gasteiger partial charge in [0.05, 0.1) is 6.04 Å². The molecule has 0 radical (unpaired) electrons. The Kier molecular flexibility index (Phi) is 6.11. The lowest BCUT2D eigenvalue weighted by Crippen LogP contribution is -2.33. The van der Waals surface area contributed by atoms with Crippen LogP contribution >= 0.6 is 0 Å². The molecule has 1 heterocycles. The fourth-order valence-electron chi connectivity index (χ4n) is 3.50. The molecule has 4 N–H and O–H groups in total. The molecule has 0 aliphatic carbocycles. The third-order valence-corrected chi connectivity index (χ3v) is 5.01. The summed E-state index contributed by atoms with van der Waals surface area (Å²) in [6.07, 6.45) is 1.96. The molecule has 2 atom stereocenters. The van der Waals surface area contributed by atoms with Crippen LogP contribution in [0.4, 0.5) is 0 Å². The first kappa shape index (κ1) is 19.6. The van der Waals surface area contributed by atoms with Gasteiger partial charge in [-0.15, -0.1) is 0 Å². The van der Waals surface area contributed by atoms with Crippen LogP contribution in [-0.4, -0.2) is 22.0 Å². The molecule has 2 aromatic carbocycles. The molecule has 6 heteroatoms. The summed E-state index contributed by atoms with van der Waals surface area (Å²) in [5, 5.41) is 12.9. The Morgan fingerprint density at radius 2 is 1.79 bits per heavy atom. The summed E-state index contributed by atoms with van der Waals surface area (Å²) in [5.41, 5.74) is 4.34. The van der Waals surface area contributed by atoms with Gasteiger partial charge in [0, 0.05) is 16.5 Å². The molecule has 6 nitrogen and oxygen atoms in total. The van der Waals surface area contributed by atoms with Gasteiger partial charge in [-0.2, -0.15) is 0 Å². The van der Waals surface area contributed by atoms with Crippen LogP contribution in [0.15, 0.2) is 54.6 Å². The highest BCUT2D eigenvalue weighted by atomic mass is 16.5. The maximum atomic E-state index is 12.9. The average Bonchev–Trinajstić information content (AvgIpc) is 3.16. The predicted molar refractivity (Wildman–Crippen MR) is 108 cm³/mol. The summed E-state index contributed by atoms with van der Waals surface area (Å²) < 4.78 is 0. The number of aromatic nitrogens is 1. The van der Waals surface area contributed by atoms with E-state index in [4.69, 9.17) is 5.21 Å². The van der Waals surface area contributed by atoms with Gasteiger partial charge in [0.25, 0.3) is 11.8 Å². The molecule has 1 aromatic heterocycles. The van der Waals surface area contributed by atoms with Gasteiger partial charge in [0.2, 0.25) is 0 Å². The fourth-order valence-corrected chi connectivity index (χ4v) is 3.50. The lowest BCUT2D eigenvalue weighted by atomic mass is 9.90. The summed E-state index contributed by atoms with van der Waals surface area (Å²) in [6.45, 7) is 4.22. The molecule has 0 aliphatic heterocycles. The van der Waals surface area contributed by atoms with Crippen molar-refractivity contribution in [1.29, 1.82) is 0 Å². The molecule has 0 saturated carbocycles. The van der Waals surface area contributed by atoms with E-state index in [1.54, 1.807) is 17.6 Å². The van der Waals surface area contributed by atoms with Gasteiger partial charge in [-0.1, -0.05) is 50.6 Å². The van der Waals surface area contributed by atoms with Gasteiger partial charge in [0.1, 0.15) is 5.69 Å². The topological polar surface area (TPSA) is 94.2 Å². The molecule has 2 amide bonds. The van der Waals surface area contributed by atoms with E-state index < -0.39 is 5.91 Å². The summed E-state index contributed by atoms with van der Waals surface area (Å²) in [6, 6.07) is 16.3. The SMILES string of the molecule is CCCC(C)C(NC(=O)c1cc2ccccc2[nH]1)c1ccc(C(=O)NO)cc1. The second-order valence-corrected chi connectivity index (χ2v) is 7.05. The number of H-pyrrole nitrogens is 1. The van der Waals surface area contributed by atoms with E-state index in [0.717, 1.165) is 29.3 Å². The van der Waals surface area contributed by atoms with E-state index in [1.807, 2.05) is 42.5 Å². The fraction of sp³-hybridized carbons (Fsp3) is 0.273. The molecule has 3 rings (SSSR count). The number of hydroxylamine groups is 1. The minimum atomic E-state index is -0.563.